The predicted octanol–water partition coefficient (Wildman–Crippen LogP) is 3.26. The second kappa shape index (κ2) is 14.4. The van der Waals surface area contributed by atoms with E-state index in [0.29, 0.717) is 6.04 Å². The molecule has 0 aromatic heterocycles. The predicted molar refractivity (Wildman–Crippen MR) is 69.3 cm³/mol. The highest BCUT2D eigenvalue weighted by atomic mass is 16.5. The average Bonchev–Trinajstić information content (AvgIpc) is 2.23. The zero-order valence-electron chi connectivity index (χ0n) is 11.4. The van der Waals surface area contributed by atoms with Gasteiger partial charge in [-0.1, -0.05) is 45.4 Å². The molecular weight excluding hydrogens is 202 g/mol. The van der Waals surface area contributed by atoms with Crippen LogP contribution in [0.5, 0.6) is 0 Å². The number of ether oxygens (including phenoxy) is 1. The van der Waals surface area contributed by atoms with Crippen LogP contribution in [0.15, 0.2) is 0 Å². The van der Waals surface area contributed by atoms with E-state index in [-0.39, 0.29) is 5.97 Å². The van der Waals surface area contributed by atoms with E-state index >= 15 is 0 Å². The number of esters is 1. The van der Waals surface area contributed by atoms with Crippen LogP contribution < -0.4 is 5.73 Å². The summed E-state index contributed by atoms with van der Waals surface area (Å²) in [7, 11) is 1.35. The van der Waals surface area contributed by atoms with Gasteiger partial charge in [0, 0.05) is 13.0 Å². The third kappa shape index (κ3) is 23.3. The van der Waals surface area contributed by atoms with E-state index in [1.54, 1.807) is 0 Å². The summed E-state index contributed by atoms with van der Waals surface area (Å²) in [6.07, 6.45) is 9.45. The summed E-state index contributed by atoms with van der Waals surface area (Å²) in [5.74, 6) is -0.245. The highest BCUT2D eigenvalue weighted by Crippen LogP contribution is 2.07. The highest BCUT2D eigenvalue weighted by Gasteiger charge is 1.93. The van der Waals surface area contributed by atoms with Crippen LogP contribution >= 0.6 is 0 Å². The third-order valence-electron chi connectivity index (χ3n) is 2.30. The summed E-state index contributed by atoms with van der Waals surface area (Å²) in [5.41, 5.74) is 5.63. The molecule has 2 N–H and O–H groups in total. The Kier molecular flexibility index (Phi) is 16.1. The van der Waals surface area contributed by atoms with Gasteiger partial charge in [-0.2, -0.15) is 0 Å². The molecule has 1 unspecified atom stereocenters. The molecule has 0 bridgehead atoms. The Morgan fingerprint density at radius 1 is 1.19 bits per heavy atom. The normalized spacial score (nSPS) is 11.3. The van der Waals surface area contributed by atoms with Crippen molar-refractivity contribution in [1.29, 1.82) is 0 Å². The van der Waals surface area contributed by atoms with E-state index in [1.165, 1.54) is 59.0 Å². The Morgan fingerprint density at radius 3 is 2.00 bits per heavy atom. The lowest BCUT2D eigenvalue weighted by atomic mass is 10.1. The molecule has 0 aliphatic rings. The maximum atomic E-state index is 9.59. The van der Waals surface area contributed by atoms with Crippen LogP contribution in [0.1, 0.15) is 65.7 Å². The van der Waals surface area contributed by atoms with E-state index in [2.05, 4.69) is 18.6 Å². The monoisotopic (exact) mass is 231 g/mol. The molecule has 0 aliphatic heterocycles. The molecule has 0 saturated carbocycles. The maximum absolute atomic E-state index is 9.59. The molecule has 0 saturated heterocycles. The van der Waals surface area contributed by atoms with Gasteiger partial charge in [-0.05, 0) is 13.3 Å². The zero-order valence-corrected chi connectivity index (χ0v) is 11.4. The quantitative estimate of drug-likeness (QED) is 0.540. The standard InChI is InChI=1S/C10H23N.C3H6O2/c1-3-4-5-6-7-8-9-10(2)11;1-3(4)5-2/h10H,3-9,11H2,1-2H3;1-2H3. The summed E-state index contributed by atoms with van der Waals surface area (Å²) < 4.78 is 4.11. The second-order valence-electron chi connectivity index (χ2n) is 4.23. The van der Waals surface area contributed by atoms with Gasteiger partial charge in [0.1, 0.15) is 0 Å². The Labute approximate surface area is 101 Å². The summed E-state index contributed by atoms with van der Waals surface area (Å²) in [5, 5.41) is 0. The summed E-state index contributed by atoms with van der Waals surface area (Å²) in [6.45, 7) is 5.70. The van der Waals surface area contributed by atoms with Crippen LogP contribution in [0.3, 0.4) is 0 Å². The van der Waals surface area contributed by atoms with Crippen molar-refractivity contribution in [3.05, 3.63) is 0 Å². The molecule has 0 aromatic rings. The van der Waals surface area contributed by atoms with Gasteiger partial charge in [-0.15, -0.1) is 0 Å². The van der Waals surface area contributed by atoms with E-state index in [9.17, 15) is 4.79 Å². The Balaban J connectivity index is 0. The minimum atomic E-state index is -0.245. The first kappa shape index (κ1) is 17.8. The van der Waals surface area contributed by atoms with Crippen molar-refractivity contribution in [1.82, 2.24) is 0 Å². The molecule has 16 heavy (non-hydrogen) atoms. The SMILES string of the molecule is CCCCCCCCC(C)N.COC(C)=O. The molecule has 1 atom stereocenters. The molecule has 0 aromatic carbocycles. The van der Waals surface area contributed by atoms with Crippen LogP contribution in [0.4, 0.5) is 0 Å². The molecule has 0 spiro atoms. The van der Waals surface area contributed by atoms with Crippen molar-refractivity contribution >= 4 is 5.97 Å². The van der Waals surface area contributed by atoms with Crippen LogP contribution in [-0.2, 0) is 9.53 Å². The minimum Gasteiger partial charge on any atom is -0.469 e. The second-order valence-corrected chi connectivity index (χ2v) is 4.23. The summed E-state index contributed by atoms with van der Waals surface area (Å²) in [6, 6.07) is 0.404. The first-order valence-corrected chi connectivity index (χ1v) is 6.34. The van der Waals surface area contributed by atoms with Crippen molar-refractivity contribution in [2.45, 2.75) is 71.8 Å². The van der Waals surface area contributed by atoms with Crippen LogP contribution in [-0.4, -0.2) is 19.1 Å². The lowest BCUT2D eigenvalue weighted by molar-refractivity contribution is -0.137. The van der Waals surface area contributed by atoms with Gasteiger partial charge < -0.3 is 10.5 Å². The molecule has 0 heterocycles. The fraction of sp³-hybridized carbons (Fsp3) is 0.923. The van der Waals surface area contributed by atoms with Gasteiger partial charge >= 0.3 is 5.97 Å². The molecule has 0 rings (SSSR count). The first-order valence-electron chi connectivity index (χ1n) is 6.34. The molecule has 0 aliphatic carbocycles. The Bertz CT molecular complexity index is 147. The number of methoxy groups -OCH3 is 1. The third-order valence-corrected chi connectivity index (χ3v) is 2.30. The molecular formula is C13H29NO2. The molecule has 0 fully saturated rings. The van der Waals surface area contributed by atoms with Crippen molar-refractivity contribution < 1.29 is 9.53 Å². The number of rotatable bonds is 7. The molecule has 3 nitrogen and oxygen atoms in total. The van der Waals surface area contributed by atoms with E-state index < -0.39 is 0 Å². The largest absolute Gasteiger partial charge is 0.469 e. The number of unbranched alkanes of at least 4 members (excludes halogenated alkanes) is 5. The van der Waals surface area contributed by atoms with E-state index in [0.717, 1.165) is 0 Å². The van der Waals surface area contributed by atoms with Gasteiger partial charge in [0.2, 0.25) is 0 Å². The topological polar surface area (TPSA) is 52.3 Å². The Morgan fingerprint density at radius 2 is 1.62 bits per heavy atom. The van der Waals surface area contributed by atoms with Gasteiger partial charge in [0.05, 0.1) is 7.11 Å². The number of carbonyl (C=O) groups excluding carboxylic acids is 1. The van der Waals surface area contributed by atoms with Gasteiger partial charge in [0.15, 0.2) is 0 Å². The number of hydrogen-bond donors (Lipinski definition) is 1. The van der Waals surface area contributed by atoms with Crippen LogP contribution in [0, 0.1) is 0 Å². The lowest BCUT2D eigenvalue weighted by Crippen LogP contribution is -2.13. The van der Waals surface area contributed by atoms with Crippen molar-refractivity contribution in [2.24, 2.45) is 5.73 Å². The van der Waals surface area contributed by atoms with Crippen molar-refractivity contribution in [2.75, 3.05) is 7.11 Å². The number of hydrogen-bond acceptors (Lipinski definition) is 3. The minimum absolute atomic E-state index is 0.245. The molecule has 3 heteroatoms. The first-order chi connectivity index (χ1) is 7.54. The van der Waals surface area contributed by atoms with Gasteiger partial charge in [-0.25, -0.2) is 0 Å². The van der Waals surface area contributed by atoms with E-state index in [1.807, 2.05) is 0 Å². The summed E-state index contributed by atoms with van der Waals surface area (Å²) >= 11 is 0. The van der Waals surface area contributed by atoms with Crippen LogP contribution in [0.25, 0.3) is 0 Å². The van der Waals surface area contributed by atoms with Crippen molar-refractivity contribution in [3.8, 4) is 0 Å². The van der Waals surface area contributed by atoms with E-state index in [4.69, 9.17) is 5.73 Å². The molecule has 0 radical (unpaired) electrons. The fourth-order valence-electron chi connectivity index (χ4n) is 1.25. The highest BCUT2D eigenvalue weighted by molar-refractivity contribution is 5.65. The fourth-order valence-corrected chi connectivity index (χ4v) is 1.25. The maximum Gasteiger partial charge on any atom is 0.302 e. The van der Waals surface area contributed by atoms with Crippen LogP contribution in [0.2, 0.25) is 0 Å². The lowest BCUT2D eigenvalue weighted by Gasteiger charge is -2.03. The van der Waals surface area contributed by atoms with Crippen molar-refractivity contribution in [3.63, 3.8) is 0 Å². The number of nitrogens with two attached hydrogens (primary N) is 1. The van der Waals surface area contributed by atoms with Gasteiger partial charge in [-0.3, -0.25) is 4.79 Å². The Hall–Kier alpha value is -0.570. The van der Waals surface area contributed by atoms with Gasteiger partial charge in [0.25, 0.3) is 0 Å². The average molecular weight is 231 g/mol. The number of carbonyl (C=O) groups is 1. The molecule has 0 amide bonds. The zero-order chi connectivity index (χ0) is 12.8. The smallest absolute Gasteiger partial charge is 0.302 e. The molecule has 98 valence electrons. The summed E-state index contributed by atoms with van der Waals surface area (Å²) in [4.78, 5) is 9.59.